The lowest BCUT2D eigenvalue weighted by Gasteiger charge is -2.24. The molecule has 0 saturated carbocycles. The number of rotatable bonds is 29. The Labute approximate surface area is 865 Å². The van der Waals surface area contributed by atoms with Crippen LogP contribution in [0.25, 0.3) is 0 Å². The zero-order valence-corrected chi connectivity index (χ0v) is 88.8. The summed E-state index contributed by atoms with van der Waals surface area (Å²) >= 11 is 6.66. The predicted molar refractivity (Wildman–Crippen MR) is 587 cm³/mol. The van der Waals surface area contributed by atoms with E-state index in [2.05, 4.69) is 54.7 Å². The van der Waals surface area contributed by atoms with Gasteiger partial charge in [0.05, 0.1) is 66.5 Å². The van der Waals surface area contributed by atoms with Crippen molar-refractivity contribution in [1.29, 1.82) is 0 Å². The number of carbonyl (C=O) groups is 6. The molecule has 15 rings (SSSR count). The molecule has 4 unspecified atom stereocenters. The number of benzene rings is 14. The number of anilines is 4. The highest BCUT2D eigenvalue weighted by Gasteiger charge is 2.38. The molecule has 1 heterocycles. The second-order valence-corrected chi connectivity index (χ2v) is 36.7. The van der Waals surface area contributed by atoms with Gasteiger partial charge in [0.25, 0.3) is 0 Å². The fraction of sp³-hybridized carbons (Fsp3) is 0.256. The summed E-state index contributed by atoms with van der Waals surface area (Å²) in [6.45, 7) is 28.8. The number of carboxylic acids is 1. The molecule has 23 heteroatoms. The van der Waals surface area contributed by atoms with E-state index in [0.29, 0.717) is 88.9 Å². The number of esters is 1. The van der Waals surface area contributed by atoms with E-state index in [1.807, 2.05) is 363 Å². The van der Waals surface area contributed by atoms with Gasteiger partial charge in [-0.05, 0) is 266 Å². The van der Waals surface area contributed by atoms with E-state index in [-0.39, 0.29) is 35.7 Å². The average Bonchev–Trinajstić information content (AvgIpc) is 1.15. The first-order valence-corrected chi connectivity index (χ1v) is 49.5. The van der Waals surface area contributed by atoms with Crippen LogP contribution >= 0.6 is 31.9 Å². The summed E-state index contributed by atoms with van der Waals surface area (Å²) in [6.07, 6.45) is 3.77. The van der Waals surface area contributed by atoms with Crippen molar-refractivity contribution in [3.63, 3.8) is 0 Å². The number of amides is 3. The van der Waals surface area contributed by atoms with Crippen molar-refractivity contribution >= 4 is 90.6 Å². The number of aryl methyl sites for hydroxylation is 14. The topological polar surface area (TPSA) is 299 Å². The van der Waals surface area contributed by atoms with E-state index in [0.717, 1.165) is 128 Å². The Morgan fingerprint density at radius 3 is 0.979 bits per heavy atom. The molecule has 144 heavy (non-hydrogen) atoms. The molecule has 0 radical (unpaired) electrons. The van der Waals surface area contributed by atoms with Crippen LogP contribution in [0.3, 0.4) is 0 Å². The van der Waals surface area contributed by atoms with Gasteiger partial charge in [-0.25, -0.2) is 4.79 Å². The first-order valence-electron chi connectivity index (χ1n) is 47.3. The minimum atomic E-state index is -1.43. The monoisotopic (exact) mass is 2070 g/mol. The van der Waals surface area contributed by atoms with Gasteiger partial charge >= 0.3 is 11.9 Å². The number of aldehydes is 1. The van der Waals surface area contributed by atoms with Crippen LogP contribution in [0, 0.1) is 96.9 Å². The number of methoxy groups -OCH3 is 5. The summed E-state index contributed by atoms with van der Waals surface area (Å²) in [7, 11) is 8.12. The Hall–Kier alpha value is -14.9. The molecule has 4 atom stereocenters. The zero-order chi connectivity index (χ0) is 105. The molecule has 3 amide bonds. The van der Waals surface area contributed by atoms with Crippen molar-refractivity contribution in [2.75, 3.05) is 81.1 Å². The van der Waals surface area contributed by atoms with Crippen LogP contribution in [-0.2, 0) is 28.8 Å². The van der Waals surface area contributed by atoms with Gasteiger partial charge in [0.2, 0.25) is 24.0 Å². The number of phenols is 2. The molecule has 14 aromatic carbocycles. The molecule has 754 valence electrons. The van der Waals surface area contributed by atoms with Crippen LogP contribution in [0.4, 0.5) is 22.7 Å². The average molecular weight is 2080 g/mol. The van der Waals surface area contributed by atoms with Gasteiger partial charge in [0.15, 0.2) is 0 Å². The van der Waals surface area contributed by atoms with Crippen molar-refractivity contribution in [2.45, 2.75) is 146 Å². The van der Waals surface area contributed by atoms with Crippen molar-refractivity contribution in [3.8, 4) is 57.5 Å². The van der Waals surface area contributed by atoms with E-state index in [1.165, 1.54) is 29.5 Å². The van der Waals surface area contributed by atoms with Crippen molar-refractivity contribution in [3.05, 3.63) is 414 Å². The molecule has 0 aromatic heterocycles. The number of alkyl halides is 2. The number of aromatic hydroxyl groups is 2. The lowest BCUT2D eigenvalue weighted by Crippen LogP contribution is -2.24. The molecule has 14 aromatic rings. The highest BCUT2D eigenvalue weighted by Crippen LogP contribution is 2.46. The lowest BCUT2D eigenvalue weighted by atomic mass is 9.87. The highest BCUT2D eigenvalue weighted by molar-refractivity contribution is 9.09. The molecule has 8 N–H and O–H groups in total. The molecule has 0 fully saturated rings. The Morgan fingerprint density at radius 1 is 0.347 bits per heavy atom. The normalized spacial score (nSPS) is 11.8. The predicted octanol–water partition coefficient (Wildman–Crippen LogP) is 26.9. The van der Waals surface area contributed by atoms with Gasteiger partial charge in [0.1, 0.15) is 63.4 Å². The maximum atomic E-state index is 14.3. The van der Waals surface area contributed by atoms with Gasteiger partial charge in [-0.1, -0.05) is 257 Å². The van der Waals surface area contributed by atoms with Crippen LogP contribution < -0.4 is 59.6 Å². The first kappa shape index (κ1) is 114. The Balaban J connectivity index is 0.000000245. The fourth-order valence-electron chi connectivity index (χ4n) is 15.7. The molecule has 1 aliphatic rings. The number of nitrogens with two attached hydrogens (primary N) is 1. The van der Waals surface area contributed by atoms with Crippen LogP contribution in [0.5, 0.6) is 57.5 Å². The summed E-state index contributed by atoms with van der Waals surface area (Å²) in [6, 6.07) is 92.4. The zero-order valence-electron chi connectivity index (χ0n) is 85.6. The van der Waals surface area contributed by atoms with E-state index < -0.39 is 29.6 Å². The number of nitrogens with one attached hydrogen (secondary N) is 3. The summed E-state index contributed by atoms with van der Waals surface area (Å²) in [5, 5.41) is 38.2. The van der Waals surface area contributed by atoms with Crippen molar-refractivity contribution in [1.82, 2.24) is 0 Å². The van der Waals surface area contributed by atoms with E-state index in [9.17, 15) is 24.3 Å². The van der Waals surface area contributed by atoms with Gasteiger partial charge in [-0.15, -0.1) is 0 Å². The van der Waals surface area contributed by atoms with Gasteiger partial charge < -0.3 is 74.9 Å². The number of carbonyl (C=O) groups excluding carboxylic acids is 5. The third-order valence-electron chi connectivity index (χ3n) is 22.8. The van der Waals surface area contributed by atoms with Crippen LogP contribution in [-0.4, -0.2) is 111 Å². The van der Waals surface area contributed by atoms with Crippen LogP contribution in [0.2, 0.25) is 0 Å². The SMILES string of the molecule is BrCCCCBr.COc1ccc(C)cc1.COc1ccc(C)cc1C(C(=O)Nc1cccc(C)c1)c1cc(C)ccc1O.COc1ccc(C)cc1C(C(=O)Nc1cccc(C)c1)c1cc(C)ccc1OCCCCOc1ccc(C)cc1C(C(=O)Nc1cccc(C)c1)c1cc(C)ccc1OC.COc1ccc(C)cc1C1C(=O)Oc2ccc(C)cc21.Cc1ccc(O)cc1.Cc1cccc(N)c1.O=CC(=O)O. The quantitative estimate of drug-likeness (QED) is 0.00436. The second-order valence-electron chi connectivity index (χ2n) is 35.1. The Bertz CT molecular complexity index is 6370. The van der Waals surface area contributed by atoms with Crippen LogP contribution in [0.15, 0.2) is 291 Å². The number of phenolic OH excluding ortho intramolecular Hbond substituents is 2. The minimum absolute atomic E-state index is 0.0820. The smallest absolute Gasteiger partial charge is 0.368 e. The summed E-state index contributed by atoms with van der Waals surface area (Å²) in [5.41, 5.74) is 29.6. The number of nitrogen functional groups attached to an aromatic ring is 1. The largest absolute Gasteiger partial charge is 0.508 e. The first-order chi connectivity index (χ1) is 69.0. The number of ether oxygens (including phenoxy) is 8. The number of fused-ring (bicyclic) bond motifs is 1. The number of unbranched alkanes of at least 4 members (excludes halogenated alkanes) is 2. The minimum Gasteiger partial charge on any atom is -0.508 e. The molecular weight excluding hydrogens is 1940 g/mol. The molecule has 0 spiro atoms. The molecule has 0 aliphatic carbocycles. The summed E-state index contributed by atoms with van der Waals surface area (Å²) < 4.78 is 45.9. The molecule has 1 aliphatic heterocycles. The fourth-order valence-corrected chi connectivity index (χ4v) is 16.4. The van der Waals surface area contributed by atoms with Gasteiger partial charge in [0, 0.05) is 77.9 Å². The van der Waals surface area contributed by atoms with E-state index in [1.54, 1.807) is 53.7 Å². The number of hydrogen-bond acceptors (Lipinski definition) is 17. The van der Waals surface area contributed by atoms with E-state index in [4.69, 9.17) is 63.4 Å². The number of hydrogen-bond donors (Lipinski definition) is 7. The summed E-state index contributed by atoms with van der Waals surface area (Å²) in [5.74, 6) is 1.02. The maximum absolute atomic E-state index is 14.3. The lowest BCUT2D eigenvalue weighted by molar-refractivity contribution is -0.143. The number of aliphatic carboxylic acids is 1. The summed E-state index contributed by atoms with van der Waals surface area (Å²) in [4.78, 5) is 72.2. The third kappa shape index (κ3) is 35.9. The standard InChI is InChI=1S/C52H56N2O6.C24H25NO3.C17H16O3.C8H10O.C7H9N.C7H8O.C4H8Br2.C2H2O3/c1-33-13-11-15-39(27-33)53-51(55)49(41-29-35(3)17-21-45(41)57-7)43-31-37(5)19-23-47(43)59-25-9-10-26-60-48-24-20-38(6)32-44(48)50(42-30-36(4)18-22-46(42)58-8)52(56)54-40-16-12-14-34(2)28-40;1-15-6-5-7-18(12-15)25-24(27)23(19-13-16(2)8-10-21(19)26)20-14-17(3)9-11-22(20)28-4;1-10-4-6-14(19-3)12(8-10)16-13-9-11(2)5-7-15(13)20-17(16)18;1-7-3-5-8(9-2)6-4-7;1-6-3-2-4-7(8)5-6;1-6-2-4-7(8)5-3-6;5-3-1-2-4-6;3-1-2(4)5/h11-24,27-32,49-50H,9-10,25-26H2,1-8H3,(H,53,55)(H,54,56);5-14,23,26H,1-4H3,(H,25,27);4-9,16H,1-3H3;3-6H,1-2H3;2-5H,8H2,1H3;2-5,8H,1H3;1-4H2;1H,(H,4,5). The van der Waals surface area contributed by atoms with Gasteiger partial charge in [-0.2, -0.15) is 0 Å². The van der Waals surface area contributed by atoms with Crippen molar-refractivity contribution in [2.24, 2.45) is 0 Å². The molecule has 21 nitrogen and oxygen atoms in total. The van der Waals surface area contributed by atoms with Crippen molar-refractivity contribution < 1.29 is 82.0 Å². The van der Waals surface area contributed by atoms with E-state index >= 15 is 0 Å². The molecular formula is C121H134Br2N4O17. The van der Waals surface area contributed by atoms with Crippen LogP contribution in [0.1, 0.15) is 172 Å². The second kappa shape index (κ2) is 58.5. The molecule has 0 bridgehead atoms. The Morgan fingerprint density at radius 2 is 0.646 bits per heavy atom. The number of halogens is 2. The third-order valence-corrected chi connectivity index (χ3v) is 23.9. The molecule has 0 saturated heterocycles. The Kier molecular flexibility index (Phi) is 46.4. The maximum Gasteiger partial charge on any atom is 0.368 e. The highest BCUT2D eigenvalue weighted by atomic mass is 79.9. The van der Waals surface area contributed by atoms with Gasteiger partial charge in [-0.3, -0.25) is 24.0 Å². The number of carboxylic acid groups (broad SMARTS) is 1.